The molecule has 0 aliphatic heterocycles. The highest BCUT2D eigenvalue weighted by molar-refractivity contribution is 5.85. The van der Waals surface area contributed by atoms with Crippen molar-refractivity contribution in [2.75, 3.05) is 24.4 Å². The lowest BCUT2D eigenvalue weighted by Gasteiger charge is -2.12. The third kappa shape index (κ3) is 2.60. The zero-order chi connectivity index (χ0) is 8.27. The van der Waals surface area contributed by atoms with Crippen molar-refractivity contribution in [3.05, 3.63) is 24.3 Å². The second-order valence-corrected chi connectivity index (χ2v) is 2.59. The molecule has 3 N–H and O–H groups in total. The van der Waals surface area contributed by atoms with Crippen molar-refractivity contribution < 1.29 is 0 Å². The highest BCUT2D eigenvalue weighted by Gasteiger charge is 1.94. The molecule has 1 aromatic carbocycles. The van der Waals surface area contributed by atoms with E-state index in [4.69, 9.17) is 5.84 Å². The molecule has 0 aliphatic carbocycles. The van der Waals surface area contributed by atoms with Crippen molar-refractivity contribution in [3.8, 4) is 0 Å². The maximum absolute atomic E-state index is 5.25. The summed E-state index contributed by atoms with van der Waals surface area (Å²) < 4.78 is 0. The molecule has 0 bridgehead atoms. The van der Waals surface area contributed by atoms with Crippen LogP contribution in [0.1, 0.15) is 0 Å². The van der Waals surface area contributed by atoms with Crippen LogP contribution in [0.3, 0.4) is 0 Å². The summed E-state index contributed by atoms with van der Waals surface area (Å²) in [6.07, 6.45) is 0. The fourth-order valence-electron chi connectivity index (χ4n) is 0.874. The SMILES string of the molecule is CN(C)c1cccc(NN)c1.Cl. The van der Waals surface area contributed by atoms with Gasteiger partial charge in [0.2, 0.25) is 0 Å². The maximum Gasteiger partial charge on any atom is 0.0505 e. The standard InChI is InChI=1S/C8H13N3.ClH/c1-11(2)8-5-3-4-7(6-8)10-9;/h3-6,10H,9H2,1-2H3;1H. The van der Waals surface area contributed by atoms with Crippen LogP contribution in [0.5, 0.6) is 0 Å². The Morgan fingerprint density at radius 1 is 1.33 bits per heavy atom. The van der Waals surface area contributed by atoms with Crippen LogP contribution in [-0.4, -0.2) is 14.1 Å². The van der Waals surface area contributed by atoms with Crippen LogP contribution < -0.4 is 16.2 Å². The maximum atomic E-state index is 5.25. The molecule has 0 saturated heterocycles. The second kappa shape index (κ2) is 4.85. The molecule has 0 heterocycles. The number of nitrogens with one attached hydrogen (secondary N) is 1. The number of nitrogens with two attached hydrogens (primary N) is 1. The van der Waals surface area contributed by atoms with Crippen LogP contribution in [0.2, 0.25) is 0 Å². The van der Waals surface area contributed by atoms with E-state index in [-0.39, 0.29) is 12.4 Å². The van der Waals surface area contributed by atoms with Crippen LogP contribution in [-0.2, 0) is 0 Å². The summed E-state index contributed by atoms with van der Waals surface area (Å²) in [4.78, 5) is 2.03. The molecular formula is C8H14ClN3. The molecule has 0 saturated carbocycles. The van der Waals surface area contributed by atoms with E-state index in [1.165, 1.54) is 0 Å². The van der Waals surface area contributed by atoms with Crippen LogP contribution in [0.15, 0.2) is 24.3 Å². The Balaban J connectivity index is 0.00000121. The number of nitrogen functional groups attached to an aromatic ring is 1. The first kappa shape index (κ1) is 11.1. The number of hydrazine groups is 1. The molecule has 0 spiro atoms. The molecule has 0 amide bonds. The summed E-state index contributed by atoms with van der Waals surface area (Å²) in [7, 11) is 3.99. The monoisotopic (exact) mass is 187 g/mol. The van der Waals surface area contributed by atoms with Gasteiger partial charge in [-0.3, -0.25) is 5.84 Å². The Hall–Kier alpha value is -0.930. The largest absolute Gasteiger partial charge is 0.378 e. The Bertz CT molecular complexity index is 237. The molecule has 68 valence electrons. The number of anilines is 2. The Labute approximate surface area is 78.9 Å². The number of hydrogen-bond donors (Lipinski definition) is 2. The van der Waals surface area contributed by atoms with Gasteiger partial charge >= 0.3 is 0 Å². The molecule has 0 aliphatic rings. The van der Waals surface area contributed by atoms with Crippen LogP contribution >= 0.6 is 12.4 Å². The highest BCUT2D eigenvalue weighted by atomic mass is 35.5. The normalized spacial score (nSPS) is 8.58. The summed E-state index contributed by atoms with van der Waals surface area (Å²) >= 11 is 0. The lowest BCUT2D eigenvalue weighted by atomic mass is 10.3. The van der Waals surface area contributed by atoms with Gasteiger partial charge in [0.1, 0.15) is 0 Å². The second-order valence-electron chi connectivity index (χ2n) is 2.59. The van der Waals surface area contributed by atoms with E-state index >= 15 is 0 Å². The van der Waals surface area contributed by atoms with Gasteiger partial charge in [0, 0.05) is 19.8 Å². The first-order chi connectivity index (χ1) is 5.24. The topological polar surface area (TPSA) is 41.3 Å². The average molecular weight is 188 g/mol. The first-order valence-corrected chi connectivity index (χ1v) is 3.48. The van der Waals surface area contributed by atoms with E-state index in [9.17, 15) is 0 Å². The fourth-order valence-corrected chi connectivity index (χ4v) is 0.874. The van der Waals surface area contributed by atoms with E-state index in [2.05, 4.69) is 5.43 Å². The predicted molar refractivity (Wildman–Crippen MR) is 55.8 cm³/mol. The minimum Gasteiger partial charge on any atom is -0.378 e. The summed E-state index contributed by atoms with van der Waals surface area (Å²) in [5, 5.41) is 0. The summed E-state index contributed by atoms with van der Waals surface area (Å²) in [5.41, 5.74) is 4.66. The average Bonchev–Trinajstić information content (AvgIpc) is 2.05. The van der Waals surface area contributed by atoms with Gasteiger partial charge in [-0.05, 0) is 18.2 Å². The van der Waals surface area contributed by atoms with Crippen LogP contribution in [0.25, 0.3) is 0 Å². The van der Waals surface area contributed by atoms with Crippen molar-refractivity contribution in [3.63, 3.8) is 0 Å². The van der Waals surface area contributed by atoms with Gasteiger partial charge in [0.15, 0.2) is 0 Å². The molecule has 0 radical (unpaired) electrons. The Morgan fingerprint density at radius 3 is 2.50 bits per heavy atom. The summed E-state index contributed by atoms with van der Waals surface area (Å²) in [6.45, 7) is 0. The van der Waals surface area contributed by atoms with Gasteiger partial charge in [0.05, 0.1) is 5.69 Å². The molecule has 12 heavy (non-hydrogen) atoms. The van der Waals surface area contributed by atoms with Gasteiger partial charge < -0.3 is 10.3 Å². The van der Waals surface area contributed by atoms with Gasteiger partial charge in [0.25, 0.3) is 0 Å². The number of rotatable bonds is 2. The van der Waals surface area contributed by atoms with Crippen molar-refractivity contribution in [1.29, 1.82) is 0 Å². The molecule has 0 fully saturated rings. The molecule has 3 nitrogen and oxygen atoms in total. The summed E-state index contributed by atoms with van der Waals surface area (Å²) in [6, 6.07) is 7.90. The number of hydrogen-bond acceptors (Lipinski definition) is 3. The van der Waals surface area contributed by atoms with Gasteiger partial charge in [-0.1, -0.05) is 6.07 Å². The zero-order valence-electron chi connectivity index (χ0n) is 7.24. The number of benzene rings is 1. The van der Waals surface area contributed by atoms with E-state index in [0.717, 1.165) is 11.4 Å². The first-order valence-electron chi connectivity index (χ1n) is 3.48. The molecule has 0 atom stereocenters. The van der Waals surface area contributed by atoms with Gasteiger partial charge in [-0.2, -0.15) is 0 Å². The quantitative estimate of drug-likeness (QED) is 0.544. The van der Waals surface area contributed by atoms with Crippen LogP contribution in [0, 0.1) is 0 Å². The third-order valence-corrected chi connectivity index (χ3v) is 1.53. The summed E-state index contributed by atoms with van der Waals surface area (Å²) in [5.74, 6) is 5.25. The lowest BCUT2D eigenvalue weighted by Crippen LogP contribution is -2.10. The van der Waals surface area contributed by atoms with E-state index < -0.39 is 0 Å². The smallest absolute Gasteiger partial charge is 0.0505 e. The zero-order valence-corrected chi connectivity index (χ0v) is 8.06. The minimum absolute atomic E-state index is 0. The molecule has 0 unspecified atom stereocenters. The Kier molecular flexibility index (Phi) is 4.47. The lowest BCUT2D eigenvalue weighted by molar-refractivity contribution is 1.13. The van der Waals surface area contributed by atoms with Crippen molar-refractivity contribution in [2.45, 2.75) is 0 Å². The van der Waals surface area contributed by atoms with Gasteiger partial charge in [-0.15, -0.1) is 12.4 Å². The van der Waals surface area contributed by atoms with Crippen LogP contribution in [0.4, 0.5) is 11.4 Å². The molecule has 4 heteroatoms. The number of halogens is 1. The third-order valence-electron chi connectivity index (χ3n) is 1.53. The molecular weight excluding hydrogens is 174 g/mol. The Morgan fingerprint density at radius 2 is 2.00 bits per heavy atom. The molecule has 0 aromatic heterocycles. The van der Waals surface area contributed by atoms with Crippen molar-refractivity contribution >= 4 is 23.8 Å². The molecule has 1 rings (SSSR count). The van der Waals surface area contributed by atoms with E-state index in [1.54, 1.807) is 0 Å². The highest BCUT2D eigenvalue weighted by Crippen LogP contribution is 2.15. The van der Waals surface area contributed by atoms with Crippen molar-refractivity contribution in [2.24, 2.45) is 5.84 Å². The van der Waals surface area contributed by atoms with Gasteiger partial charge in [-0.25, -0.2) is 0 Å². The van der Waals surface area contributed by atoms with Crippen molar-refractivity contribution in [1.82, 2.24) is 0 Å². The van der Waals surface area contributed by atoms with E-state index in [1.807, 2.05) is 43.3 Å². The minimum atomic E-state index is 0. The fraction of sp³-hybridized carbons (Fsp3) is 0.250. The predicted octanol–water partition coefficient (Wildman–Crippen LogP) is 1.46. The number of nitrogens with zero attached hydrogens (tertiary/aromatic N) is 1. The molecule has 1 aromatic rings. The van der Waals surface area contributed by atoms with E-state index in [0.29, 0.717) is 0 Å².